The molecule has 0 bridgehead atoms. The predicted octanol–water partition coefficient (Wildman–Crippen LogP) is 2.99. The summed E-state index contributed by atoms with van der Waals surface area (Å²) in [4.78, 5) is 26.6. The van der Waals surface area contributed by atoms with Crippen LogP contribution in [0.25, 0.3) is 6.20 Å². The normalized spacial score (nSPS) is 26.9. The molecule has 4 atom stereocenters. The van der Waals surface area contributed by atoms with Gasteiger partial charge in [-0.05, 0) is 49.3 Å². The van der Waals surface area contributed by atoms with Gasteiger partial charge in [0.2, 0.25) is 0 Å². The number of nitrogens with two attached hydrogens (primary N) is 1. The minimum atomic E-state index is -4.23. The van der Waals surface area contributed by atoms with Gasteiger partial charge in [-0.2, -0.15) is 8.42 Å². The summed E-state index contributed by atoms with van der Waals surface area (Å²) < 4.78 is 53.6. The SMILES string of the molecule is Cc1cn([C@@H]2OC(CO[Si](C)(C)C(C)(C)C)C3(OS(=O)(=O)C=C3N)[C@H]2O[Si](C)(C)C(C)(C)C)c(=O)n(/C=C\CO)c1=O. The van der Waals surface area contributed by atoms with Gasteiger partial charge in [0.1, 0.15) is 12.2 Å². The van der Waals surface area contributed by atoms with Crippen molar-refractivity contribution in [1.82, 2.24) is 9.13 Å². The summed E-state index contributed by atoms with van der Waals surface area (Å²) in [5.74, 6) is 0. The molecule has 2 aliphatic heterocycles. The fraction of sp³-hybridized carbons (Fsp3) is 0.704. The van der Waals surface area contributed by atoms with Gasteiger partial charge in [0.25, 0.3) is 15.7 Å². The van der Waals surface area contributed by atoms with Crippen molar-refractivity contribution in [3.63, 3.8) is 0 Å². The predicted molar refractivity (Wildman–Crippen MR) is 166 cm³/mol. The summed E-state index contributed by atoms with van der Waals surface area (Å²) in [6.07, 6.45) is 0.273. The number of hydrogen-bond acceptors (Lipinski definition) is 10. The van der Waals surface area contributed by atoms with Crippen molar-refractivity contribution in [3.05, 3.63) is 49.8 Å². The maximum Gasteiger partial charge on any atom is 0.337 e. The molecule has 12 nitrogen and oxygen atoms in total. The lowest BCUT2D eigenvalue weighted by Gasteiger charge is -2.43. The van der Waals surface area contributed by atoms with Crippen molar-refractivity contribution in [1.29, 1.82) is 0 Å². The summed E-state index contributed by atoms with van der Waals surface area (Å²) in [5, 5.41) is 9.65. The van der Waals surface area contributed by atoms with Crippen LogP contribution in [0.5, 0.6) is 0 Å². The molecule has 42 heavy (non-hydrogen) atoms. The zero-order chi connectivity index (χ0) is 32.3. The van der Waals surface area contributed by atoms with Crippen LogP contribution in [-0.4, -0.2) is 70.3 Å². The number of hydrogen-bond donors (Lipinski definition) is 2. The molecule has 2 unspecified atom stereocenters. The summed E-state index contributed by atoms with van der Waals surface area (Å²) in [6.45, 7) is 21.5. The fourth-order valence-corrected chi connectivity index (χ4v) is 7.91. The van der Waals surface area contributed by atoms with Crippen molar-refractivity contribution >= 4 is 33.0 Å². The minimum absolute atomic E-state index is 0.0772. The smallest absolute Gasteiger partial charge is 0.337 e. The van der Waals surface area contributed by atoms with E-state index >= 15 is 0 Å². The Morgan fingerprint density at radius 2 is 1.67 bits per heavy atom. The first-order valence-electron chi connectivity index (χ1n) is 13.9. The van der Waals surface area contributed by atoms with E-state index in [1.54, 1.807) is 6.92 Å². The molecule has 238 valence electrons. The third-order valence-corrected chi connectivity index (χ3v) is 19.0. The summed E-state index contributed by atoms with van der Waals surface area (Å²) in [7, 11) is -9.32. The van der Waals surface area contributed by atoms with Gasteiger partial charge in [-0.1, -0.05) is 41.5 Å². The molecule has 0 aliphatic carbocycles. The van der Waals surface area contributed by atoms with Gasteiger partial charge < -0.3 is 24.4 Å². The van der Waals surface area contributed by atoms with Gasteiger partial charge in [-0.25, -0.2) is 13.5 Å². The molecule has 1 fully saturated rings. The van der Waals surface area contributed by atoms with Crippen LogP contribution in [0.3, 0.4) is 0 Å². The minimum Gasteiger partial charge on any atom is -0.414 e. The molecule has 1 spiro atoms. The molecular formula is C27H47N3O9SSi2. The highest BCUT2D eigenvalue weighted by Crippen LogP contribution is 2.52. The largest absolute Gasteiger partial charge is 0.414 e. The number of ether oxygens (including phenoxy) is 1. The number of aliphatic hydroxyl groups is 1. The van der Waals surface area contributed by atoms with E-state index in [0.29, 0.717) is 0 Å². The molecule has 1 saturated heterocycles. The van der Waals surface area contributed by atoms with Crippen LogP contribution >= 0.6 is 0 Å². The molecule has 15 heteroatoms. The molecule has 0 aromatic carbocycles. The van der Waals surface area contributed by atoms with Crippen molar-refractivity contribution < 1.29 is 31.3 Å². The van der Waals surface area contributed by atoms with Gasteiger partial charge in [-0.15, -0.1) is 0 Å². The molecule has 0 amide bonds. The molecule has 1 aromatic rings. The number of aryl methyl sites for hydroxylation is 1. The first-order chi connectivity index (χ1) is 18.9. The van der Waals surface area contributed by atoms with Crippen LogP contribution in [0.1, 0.15) is 53.3 Å². The van der Waals surface area contributed by atoms with Crippen molar-refractivity contribution in [2.75, 3.05) is 13.2 Å². The van der Waals surface area contributed by atoms with Gasteiger partial charge in [0.15, 0.2) is 28.5 Å². The van der Waals surface area contributed by atoms with Gasteiger partial charge in [0.05, 0.1) is 24.3 Å². The number of rotatable bonds is 8. The lowest BCUT2D eigenvalue weighted by atomic mass is 9.89. The average molecular weight is 646 g/mol. The monoisotopic (exact) mass is 645 g/mol. The van der Waals surface area contributed by atoms with E-state index in [0.717, 1.165) is 9.98 Å². The number of aliphatic hydroxyl groups excluding tert-OH is 1. The van der Waals surface area contributed by atoms with E-state index in [1.807, 2.05) is 33.9 Å². The second-order valence-corrected chi connectivity index (χ2v) is 25.0. The third kappa shape index (κ3) is 6.20. The van der Waals surface area contributed by atoms with Crippen LogP contribution in [0.15, 0.2) is 33.0 Å². The zero-order valence-electron chi connectivity index (χ0n) is 26.5. The Labute approximate surface area is 250 Å². The highest BCUT2D eigenvalue weighted by Gasteiger charge is 2.67. The topological polar surface area (TPSA) is 161 Å². The quantitative estimate of drug-likeness (QED) is 0.318. The first kappa shape index (κ1) is 34.6. The Morgan fingerprint density at radius 3 is 2.14 bits per heavy atom. The lowest BCUT2D eigenvalue weighted by Crippen LogP contribution is -2.59. The highest BCUT2D eigenvalue weighted by molar-refractivity contribution is 7.90. The van der Waals surface area contributed by atoms with Gasteiger partial charge in [0, 0.05) is 18.0 Å². The Hall–Kier alpha value is -1.86. The number of nitrogens with zero attached hydrogens (tertiary/aromatic N) is 2. The van der Waals surface area contributed by atoms with Crippen LogP contribution in [0.2, 0.25) is 36.3 Å². The molecule has 3 heterocycles. The van der Waals surface area contributed by atoms with Gasteiger partial charge in [-0.3, -0.25) is 9.36 Å². The summed E-state index contributed by atoms with van der Waals surface area (Å²) in [6, 6.07) is 0. The second kappa shape index (κ2) is 11.3. The standard InChI is InChI=1S/C27H47N3O9SSi2/c1-18-15-30(24(33)29(22(18)32)13-12-14-31)23-21(38-42(10,11)26(5,6)7)27(19(28)17-40(34,35)39-27)20(37-23)16-36-41(8,9)25(2,3)4/h12-13,15,17,20-21,23,31H,14,16,28H2,1-11H3/b13-12-/t20?,21-,23+,27?/m0/s1. The van der Waals surface area contributed by atoms with Crippen molar-refractivity contribution in [3.8, 4) is 0 Å². The molecular weight excluding hydrogens is 599 g/mol. The van der Waals surface area contributed by atoms with Crippen LogP contribution < -0.4 is 17.0 Å². The highest BCUT2D eigenvalue weighted by atomic mass is 32.2. The Bertz CT molecular complexity index is 1480. The first-order valence-corrected chi connectivity index (χ1v) is 21.2. The van der Waals surface area contributed by atoms with Crippen molar-refractivity contribution in [2.45, 2.75) is 109 Å². The summed E-state index contributed by atoms with van der Waals surface area (Å²) in [5.41, 5.74) is 3.41. The maximum absolute atomic E-state index is 13.7. The maximum atomic E-state index is 13.7. The Morgan fingerprint density at radius 1 is 1.10 bits per heavy atom. The van der Waals surface area contributed by atoms with Crippen LogP contribution in [-0.2, 0) is 27.9 Å². The second-order valence-electron chi connectivity index (χ2n) is 14.1. The molecule has 2 aliphatic rings. The van der Waals surface area contributed by atoms with Crippen LogP contribution in [0, 0.1) is 6.92 Å². The molecule has 1 aromatic heterocycles. The van der Waals surface area contributed by atoms with E-state index in [-0.39, 0.29) is 34.6 Å². The van der Waals surface area contributed by atoms with E-state index in [2.05, 4.69) is 33.9 Å². The molecule has 3 rings (SSSR count). The third-order valence-electron chi connectivity index (χ3n) is 9.02. The van der Waals surface area contributed by atoms with E-state index in [9.17, 15) is 23.1 Å². The Balaban J connectivity index is 2.31. The lowest BCUT2D eigenvalue weighted by molar-refractivity contribution is -0.0565. The van der Waals surface area contributed by atoms with Gasteiger partial charge >= 0.3 is 5.69 Å². The van der Waals surface area contributed by atoms with E-state index in [1.165, 1.54) is 23.0 Å². The number of aromatic nitrogens is 2. The van der Waals surface area contributed by atoms with E-state index < -0.39 is 62.0 Å². The summed E-state index contributed by atoms with van der Waals surface area (Å²) >= 11 is 0. The average Bonchev–Trinajstić information content (AvgIpc) is 3.25. The van der Waals surface area contributed by atoms with E-state index in [4.69, 9.17) is 23.5 Å². The van der Waals surface area contributed by atoms with Crippen LogP contribution in [0.4, 0.5) is 0 Å². The fourth-order valence-electron chi connectivity index (χ4n) is 4.40. The molecule has 0 saturated carbocycles. The Kier molecular flexibility index (Phi) is 9.28. The zero-order valence-corrected chi connectivity index (χ0v) is 29.4. The molecule has 3 N–H and O–H groups in total. The van der Waals surface area contributed by atoms with Crippen molar-refractivity contribution in [2.24, 2.45) is 5.73 Å². The molecule has 0 radical (unpaired) electrons.